The number of hydrogen-bond donors (Lipinski definition) is 1. The Bertz CT molecular complexity index is 445. The summed E-state index contributed by atoms with van der Waals surface area (Å²) in [4.78, 5) is 4.77. The monoisotopic (exact) mass is 256 g/mol. The lowest BCUT2D eigenvalue weighted by molar-refractivity contribution is -0.00723. The standard InChI is InChI=1S/C17H24N2/c18-3-1-12-2-4-19-16(8-12)17-9-13-5-14(10-17)7-15(6-13)11-17/h2,4,8,13-15H,1,3,5-7,9-11,18H2. The van der Waals surface area contributed by atoms with Gasteiger partial charge in [0.15, 0.2) is 0 Å². The molecule has 1 aromatic rings. The zero-order chi connectivity index (χ0) is 12.9. The Balaban J connectivity index is 1.69. The third kappa shape index (κ3) is 1.92. The summed E-state index contributed by atoms with van der Waals surface area (Å²) in [7, 11) is 0. The van der Waals surface area contributed by atoms with Crippen molar-refractivity contribution in [2.24, 2.45) is 23.5 Å². The van der Waals surface area contributed by atoms with Crippen LogP contribution in [0.25, 0.3) is 0 Å². The summed E-state index contributed by atoms with van der Waals surface area (Å²) in [5.41, 5.74) is 8.89. The van der Waals surface area contributed by atoms with Crippen LogP contribution in [0.15, 0.2) is 18.3 Å². The molecule has 0 saturated heterocycles. The summed E-state index contributed by atoms with van der Waals surface area (Å²) in [5.74, 6) is 2.98. The minimum absolute atomic E-state index is 0.430. The van der Waals surface area contributed by atoms with Crippen molar-refractivity contribution < 1.29 is 0 Å². The number of rotatable bonds is 3. The van der Waals surface area contributed by atoms with Crippen LogP contribution >= 0.6 is 0 Å². The second-order valence-electron chi connectivity index (χ2n) is 7.29. The molecule has 0 unspecified atom stereocenters. The van der Waals surface area contributed by atoms with Gasteiger partial charge >= 0.3 is 0 Å². The van der Waals surface area contributed by atoms with Crippen molar-refractivity contribution in [1.29, 1.82) is 0 Å². The van der Waals surface area contributed by atoms with Gasteiger partial charge in [0.1, 0.15) is 0 Å². The Labute approximate surface area is 115 Å². The van der Waals surface area contributed by atoms with E-state index in [-0.39, 0.29) is 0 Å². The van der Waals surface area contributed by atoms with Crippen molar-refractivity contribution in [2.45, 2.75) is 50.4 Å². The average Bonchev–Trinajstić information content (AvgIpc) is 2.38. The molecule has 102 valence electrons. The number of nitrogens with two attached hydrogens (primary N) is 1. The second kappa shape index (κ2) is 4.31. The molecule has 0 spiro atoms. The zero-order valence-corrected chi connectivity index (χ0v) is 11.6. The van der Waals surface area contributed by atoms with E-state index in [1.54, 1.807) is 0 Å². The molecule has 0 atom stereocenters. The minimum Gasteiger partial charge on any atom is -0.330 e. The number of nitrogens with zero attached hydrogens (tertiary/aromatic N) is 1. The Morgan fingerprint density at radius 3 is 2.32 bits per heavy atom. The van der Waals surface area contributed by atoms with E-state index < -0.39 is 0 Å². The molecule has 0 radical (unpaired) electrons. The Hall–Kier alpha value is -0.890. The molecule has 0 aliphatic heterocycles. The lowest BCUT2D eigenvalue weighted by atomic mass is 9.48. The zero-order valence-electron chi connectivity index (χ0n) is 11.6. The van der Waals surface area contributed by atoms with Gasteiger partial charge in [-0.05, 0) is 86.9 Å². The van der Waals surface area contributed by atoms with Crippen LogP contribution < -0.4 is 5.73 Å². The van der Waals surface area contributed by atoms with Gasteiger partial charge in [0, 0.05) is 17.3 Å². The van der Waals surface area contributed by atoms with Crippen LogP contribution in [0.1, 0.15) is 49.8 Å². The van der Waals surface area contributed by atoms with Gasteiger partial charge in [-0.15, -0.1) is 0 Å². The SMILES string of the molecule is NCCc1ccnc(C23CC4CC(CC(C4)C2)C3)c1. The maximum absolute atomic E-state index is 5.70. The Morgan fingerprint density at radius 2 is 1.74 bits per heavy atom. The van der Waals surface area contributed by atoms with Crippen molar-refractivity contribution in [3.05, 3.63) is 29.6 Å². The minimum atomic E-state index is 0.430. The molecule has 4 bridgehead atoms. The van der Waals surface area contributed by atoms with E-state index >= 15 is 0 Å². The molecule has 5 rings (SSSR count). The van der Waals surface area contributed by atoms with Gasteiger partial charge in [-0.25, -0.2) is 0 Å². The molecule has 4 aliphatic rings. The first kappa shape index (κ1) is 11.9. The fourth-order valence-corrected chi connectivity index (χ4v) is 5.51. The van der Waals surface area contributed by atoms with E-state index in [1.807, 2.05) is 6.20 Å². The quantitative estimate of drug-likeness (QED) is 0.902. The average molecular weight is 256 g/mol. The van der Waals surface area contributed by atoms with Crippen LogP contribution in [0, 0.1) is 17.8 Å². The first-order valence-corrected chi connectivity index (χ1v) is 7.93. The Morgan fingerprint density at radius 1 is 1.11 bits per heavy atom. The largest absolute Gasteiger partial charge is 0.330 e. The van der Waals surface area contributed by atoms with Crippen LogP contribution in [-0.4, -0.2) is 11.5 Å². The van der Waals surface area contributed by atoms with Gasteiger partial charge in [0.2, 0.25) is 0 Å². The highest BCUT2D eigenvalue weighted by Crippen LogP contribution is 2.60. The highest BCUT2D eigenvalue weighted by Gasteiger charge is 2.52. The third-order valence-corrected chi connectivity index (χ3v) is 5.84. The molecular formula is C17H24N2. The molecule has 1 heterocycles. The van der Waals surface area contributed by atoms with Gasteiger partial charge in [0.25, 0.3) is 0 Å². The molecule has 19 heavy (non-hydrogen) atoms. The van der Waals surface area contributed by atoms with Crippen molar-refractivity contribution in [1.82, 2.24) is 4.98 Å². The predicted octanol–water partition coefficient (Wildman–Crippen LogP) is 3.05. The first-order chi connectivity index (χ1) is 9.27. The van der Waals surface area contributed by atoms with E-state index in [4.69, 9.17) is 10.7 Å². The summed E-state index contributed by atoms with van der Waals surface area (Å²) in [6.45, 7) is 0.740. The fraction of sp³-hybridized carbons (Fsp3) is 0.706. The molecule has 4 saturated carbocycles. The molecule has 0 amide bonds. The van der Waals surface area contributed by atoms with Gasteiger partial charge < -0.3 is 5.73 Å². The normalized spacial score (nSPS) is 39.7. The number of pyridine rings is 1. The second-order valence-corrected chi connectivity index (χ2v) is 7.29. The predicted molar refractivity (Wildman–Crippen MR) is 76.8 cm³/mol. The molecule has 1 aromatic heterocycles. The van der Waals surface area contributed by atoms with Crippen LogP contribution in [0.5, 0.6) is 0 Å². The molecule has 0 aromatic carbocycles. The first-order valence-electron chi connectivity index (χ1n) is 7.93. The lowest BCUT2D eigenvalue weighted by Gasteiger charge is -2.56. The van der Waals surface area contributed by atoms with Gasteiger partial charge in [-0.2, -0.15) is 0 Å². The summed E-state index contributed by atoms with van der Waals surface area (Å²) in [6, 6.07) is 4.50. The number of aromatic nitrogens is 1. The Kier molecular flexibility index (Phi) is 2.70. The van der Waals surface area contributed by atoms with Crippen molar-refractivity contribution in [2.75, 3.05) is 6.54 Å². The molecule has 2 heteroatoms. The van der Waals surface area contributed by atoms with Crippen molar-refractivity contribution in [3.8, 4) is 0 Å². The van der Waals surface area contributed by atoms with Gasteiger partial charge in [0.05, 0.1) is 0 Å². The van der Waals surface area contributed by atoms with E-state index in [0.29, 0.717) is 5.41 Å². The van der Waals surface area contributed by atoms with Crippen LogP contribution in [0.2, 0.25) is 0 Å². The lowest BCUT2D eigenvalue weighted by Crippen LogP contribution is -2.48. The maximum atomic E-state index is 5.70. The van der Waals surface area contributed by atoms with E-state index in [9.17, 15) is 0 Å². The molecule has 4 aliphatic carbocycles. The van der Waals surface area contributed by atoms with Crippen molar-refractivity contribution in [3.63, 3.8) is 0 Å². The van der Waals surface area contributed by atoms with Crippen LogP contribution in [-0.2, 0) is 11.8 Å². The smallest absolute Gasteiger partial charge is 0.0468 e. The summed E-state index contributed by atoms with van der Waals surface area (Å²) in [5, 5.41) is 0. The molecule has 2 N–H and O–H groups in total. The topological polar surface area (TPSA) is 38.9 Å². The molecule has 4 fully saturated rings. The van der Waals surface area contributed by atoms with E-state index in [0.717, 1.165) is 30.7 Å². The van der Waals surface area contributed by atoms with Gasteiger partial charge in [-0.1, -0.05) is 0 Å². The molecular weight excluding hydrogens is 232 g/mol. The van der Waals surface area contributed by atoms with Crippen LogP contribution in [0.4, 0.5) is 0 Å². The van der Waals surface area contributed by atoms with Gasteiger partial charge in [-0.3, -0.25) is 4.98 Å². The fourth-order valence-electron chi connectivity index (χ4n) is 5.51. The summed E-state index contributed by atoms with van der Waals surface area (Å²) < 4.78 is 0. The highest BCUT2D eigenvalue weighted by atomic mass is 14.7. The van der Waals surface area contributed by atoms with E-state index in [1.165, 1.54) is 49.8 Å². The third-order valence-electron chi connectivity index (χ3n) is 5.84. The molecule has 2 nitrogen and oxygen atoms in total. The summed E-state index contributed by atoms with van der Waals surface area (Å²) >= 11 is 0. The highest BCUT2D eigenvalue weighted by molar-refractivity contribution is 5.27. The number of hydrogen-bond acceptors (Lipinski definition) is 2. The van der Waals surface area contributed by atoms with E-state index in [2.05, 4.69) is 12.1 Å². The summed E-state index contributed by atoms with van der Waals surface area (Å²) in [6.07, 6.45) is 11.7. The maximum Gasteiger partial charge on any atom is 0.0468 e. The van der Waals surface area contributed by atoms with Crippen molar-refractivity contribution >= 4 is 0 Å². The van der Waals surface area contributed by atoms with Crippen LogP contribution in [0.3, 0.4) is 0 Å².